The van der Waals surface area contributed by atoms with Crippen molar-refractivity contribution in [3.63, 3.8) is 0 Å². The summed E-state index contributed by atoms with van der Waals surface area (Å²) in [5.41, 5.74) is 1.68. The number of methoxy groups -OCH3 is 1. The number of benzene rings is 1. The Morgan fingerprint density at radius 1 is 1.40 bits per heavy atom. The number of carbonyl (C=O) groups is 1. The second-order valence-electron chi connectivity index (χ2n) is 5.09. The first-order valence-corrected chi connectivity index (χ1v) is 6.65. The molecule has 1 aromatic carbocycles. The number of nitrogens with one attached hydrogen (secondary N) is 1. The minimum absolute atomic E-state index is 0.138. The molecule has 0 saturated heterocycles. The Kier molecular flexibility index (Phi) is 5.98. The molecule has 5 nitrogen and oxygen atoms in total. The summed E-state index contributed by atoms with van der Waals surface area (Å²) in [5, 5.41) is 22.0. The van der Waals surface area contributed by atoms with Gasteiger partial charge in [0.15, 0.2) is 0 Å². The zero-order valence-corrected chi connectivity index (χ0v) is 12.4. The van der Waals surface area contributed by atoms with Gasteiger partial charge in [0.05, 0.1) is 19.6 Å². The molecule has 0 aliphatic carbocycles. The van der Waals surface area contributed by atoms with Crippen molar-refractivity contribution in [2.45, 2.75) is 38.3 Å². The average Bonchev–Trinajstić information content (AvgIpc) is 2.42. The van der Waals surface area contributed by atoms with Crippen LogP contribution in [-0.4, -0.2) is 36.4 Å². The predicted octanol–water partition coefficient (Wildman–Crippen LogP) is 1.91. The number of hydrogen-bond acceptors (Lipinski definition) is 4. The van der Waals surface area contributed by atoms with E-state index in [1.54, 1.807) is 26.3 Å². The van der Waals surface area contributed by atoms with Crippen molar-refractivity contribution in [1.82, 2.24) is 5.32 Å². The maximum Gasteiger partial charge on any atom is 0.305 e. The molecule has 0 amide bonds. The maximum absolute atomic E-state index is 10.8. The zero-order chi connectivity index (χ0) is 15.3. The summed E-state index contributed by atoms with van der Waals surface area (Å²) >= 11 is 0. The van der Waals surface area contributed by atoms with Gasteiger partial charge < -0.3 is 20.3 Å². The molecule has 0 saturated carbocycles. The molecule has 0 spiro atoms. The number of rotatable bonds is 7. The molecule has 1 rings (SSSR count). The molecule has 0 bridgehead atoms. The van der Waals surface area contributed by atoms with Gasteiger partial charge in [-0.25, -0.2) is 0 Å². The number of carboxylic acids is 1. The van der Waals surface area contributed by atoms with E-state index >= 15 is 0 Å². The highest BCUT2D eigenvalue weighted by Crippen LogP contribution is 2.30. The van der Waals surface area contributed by atoms with Crippen molar-refractivity contribution in [2.24, 2.45) is 0 Å². The summed E-state index contributed by atoms with van der Waals surface area (Å²) < 4.78 is 5.30. The fourth-order valence-electron chi connectivity index (χ4n) is 2.18. The lowest BCUT2D eigenvalue weighted by Crippen LogP contribution is -2.34. The summed E-state index contributed by atoms with van der Waals surface area (Å²) in [6.07, 6.45) is -1.01. The molecule has 0 aromatic heterocycles. The third-order valence-electron chi connectivity index (χ3n) is 3.36. The van der Waals surface area contributed by atoms with Crippen molar-refractivity contribution in [1.29, 1.82) is 0 Å². The molecule has 112 valence electrons. The van der Waals surface area contributed by atoms with E-state index in [2.05, 4.69) is 5.32 Å². The molecular weight excluding hydrogens is 258 g/mol. The van der Waals surface area contributed by atoms with Crippen molar-refractivity contribution < 1.29 is 19.7 Å². The molecule has 1 aromatic rings. The molecule has 3 N–H and O–H groups in total. The fourth-order valence-corrected chi connectivity index (χ4v) is 2.18. The van der Waals surface area contributed by atoms with Crippen molar-refractivity contribution in [3.05, 3.63) is 29.3 Å². The van der Waals surface area contributed by atoms with Gasteiger partial charge in [0.1, 0.15) is 5.75 Å². The Morgan fingerprint density at radius 3 is 2.50 bits per heavy atom. The number of ether oxygens (including phenoxy) is 1. The van der Waals surface area contributed by atoms with E-state index in [0.717, 1.165) is 11.3 Å². The van der Waals surface area contributed by atoms with Gasteiger partial charge in [-0.15, -0.1) is 0 Å². The van der Waals surface area contributed by atoms with Crippen LogP contribution in [0.25, 0.3) is 0 Å². The Balaban J connectivity index is 3.06. The van der Waals surface area contributed by atoms with Crippen molar-refractivity contribution in [3.8, 4) is 5.75 Å². The number of hydrogen-bond donors (Lipinski definition) is 3. The molecule has 2 atom stereocenters. The predicted molar refractivity (Wildman–Crippen MR) is 77.1 cm³/mol. The molecule has 0 radical (unpaired) electrons. The minimum Gasteiger partial charge on any atom is -0.496 e. The van der Waals surface area contributed by atoms with Crippen LogP contribution < -0.4 is 10.1 Å². The first-order chi connectivity index (χ1) is 9.40. The van der Waals surface area contributed by atoms with E-state index in [9.17, 15) is 9.90 Å². The lowest BCUT2D eigenvalue weighted by atomic mass is 9.94. The fraction of sp³-hybridized carbons (Fsp3) is 0.533. The Labute approximate surface area is 119 Å². The van der Waals surface area contributed by atoms with E-state index in [-0.39, 0.29) is 12.3 Å². The summed E-state index contributed by atoms with van der Waals surface area (Å²) in [6, 6.07) is 4.92. The second kappa shape index (κ2) is 7.26. The van der Waals surface area contributed by atoms with Crippen LogP contribution in [0.5, 0.6) is 5.75 Å². The summed E-state index contributed by atoms with van der Waals surface area (Å²) in [6.45, 7) is 4.08. The summed E-state index contributed by atoms with van der Waals surface area (Å²) in [7, 11) is 3.25. The van der Waals surface area contributed by atoms with Gasteiger partial charge in [-0.1, -0.05) is 19.9 Å². The smallest absolute Gasteiger partial charge is 0.305 e. The van der Waals surface area contributed by atoms with Gasteiger partial charge >= 0.3 is 5.97 Å². The van der Waals surface area contributed by atoms with Gasteiger partial charge in [0.25, 0.3) is 0 Å². The second-order valence-corrected chi connectivity index (χ2v) is 5.09. The molecule has 2 unspecified atom stereocenters. The van der Waals surface area contributed by atoms with Crippen LogP contribution in [0, 0.1) is 0 Å². The van der Waals surface area contributed by atoms with Gasteiger partial charge in [0, 0.05) is 6.04 Å². The quantitative estimate of drug-likeness (QED) is 0.711. The number of aliphatic hydroxyl groups excluding tert-OH is 1. The molecule has 0 aliphatic rings. The average molecular weight is 281 g/mol. The van der Waals surface area contributed by atoms with Crippen molar-refractivity contribution >= 4 is 5.97 Å². The SMILES string of the molecule is CNC(CC(=O)O)C(O)c1ccc(OC)c(C(C)C)c1. The lowest BCUT2D eigenvalue weighted by Gasteiger charge is -2.23. The van der Waals surface area contributed by atoms with E-state index in [1.165, 1.54) is 0 Å². The highest BCUT2D eigenvalue weighted by Gasteiger charge is 2.23. The number of aliphatic hydroxyl groups is 1. The Bertz CT molecular complexity index is 459. The molecule has 0 fully saturated rings. The van der Waals surface area contributed by atoms with E-state index in [1.807, 2.05) is 19.9 Å². The minimum atomic E-state index is -0.944. The van der Waals surface area contributed by atoms with E-state index in [4.69, 9.17) is 9.84 Å². The monoisotopic (exact) mass is 281 g/mol. The third kappa shape index (κ3) is 3.95. The van der Waals surface area contributed by atoms with Crippen LogP contribution in [-0.2, 0) is 4.79 Å². The normalized spacial score (nSPS) is 14.1. The van der Waals surface area contributed by atoms with Gasteiger partial charge in [-0.05, 0) is 36.2 Å². The van der Waals surface area contributed by atoms with Gasteiger partial charge in [0.2, 0.25) is 0 Å². The largest absolute Gasteiger partial charge is 0.496 e. The van der Waals surface area contributed by atoms with Crippen LogP contribution >= 0.6 is 0 Å². The molecule has 5 heteroatoms. The molecule has 20 heavy (non-hydrogen) atoms. The van der Waals surface area contributed by atoms with Crippen LogP contribution in [0.15, 0.2) is 18.2 Å². The Hall–Kier alpha value is -1.59. The third-order valence-corrected chi connectivity index (χ3v) is 3.36. The first kappa shape index (κ1) is 16.5. The van der Waals surface area contributed by atoms with Crippen LogP contribution in [0.1, 0.15) is 43.4 Å². The first-order valence-electron chi connectivity index (χ1n) is 6.65. The number of carboxylic acid groups (broad SMARTS) is 1. The van der Waals surface area contributed by atoms with Gasteiger partial charge in [-0.3, -0.25) is 4.79 Å². The summed E-state index contributed by atoms with van der Waals surface area (Å²) in [5.74, 6) is 0.0841. The molecule has 0 heterocycles. The van der Waals surface area contributed by atoms with Crippen molar-refractivity contribution in [2.75, 3.05) is 14.2 Å². The summed E-state index contributed by atoms with van der Waals surface area (Å²) in [4.78, 5) is 10.8. The zero-order valence-electron chi connectivity index (χ0n) is 12.4. The Morgan fingerprint density at radius 2 is 2.05 bits per heavy atom. The maximum atomic E-state index is 10.8. The highest BCUT2D eigenvalue weighted by molar-refractivity contribution is 5.67. The molecular formula is C15H23NO4. The highest BCUT2D eigenvalue weighted by atomic mass is 16.5. The standard InChI is InChI=1S/C15H23NO4/c1-9(2)11-7-10(5-6-13(11)20-4)15(19)12(16-3)8-14(17)18/h5-7,9,12,15-16,19H,8H2,1-4H3,(H,17,18). The van der Waals surface area contributed by atoms with E-state index < -0.39 is 18.1 Å². The molecule has 0 aliphatic heterocycles. The van der Waals surface area contributed by atoms with Crippen LogP contribution in [0.2, 0.25) is 0 Å². The van der Waals surface area contributed by atoms with Crippen LogP contribution in [0.3, 0.4) is 0 Å². The van der Waals surface area contributed by atoms with Crippen LogP contribution in [0.4, 0.5) is 0 Å². The topological polar surface area (TPSA) is 78.8 Å². The van der Waals surface area contributed by atoms with Gasteiger partial charge in [-0.2, -0.15) is 0 Å². The number of aliphatic carboxylic acids is 1. The number of likely N-dealkylation sites (N-methyl/N-ethyl adjacent to an activating group) is 1. The van der Waals surface area contributed by atoms with E-state index in [0.29, 0.717) is 5.56 Å². The lowest BCUT2D eigenvalue weighted by molar-refractivity contribution is -0.138.